The third-order valence-electron chi connectivity index (χ3n) is 3.30. The van der Waals surface area contributed by atoms with Gasteiger partial charge in [-0.2, -0.15) is 0 Å². The Morgan fingerprint density at radius 3 is 2.24 bits per heavy atom. The highest BCUT2D eigenvalue weighted by Crippen LogP contribution is 2.28. The molecule has 0 bridgehead atoms. The first-order valence-electron chi connectivity index (χ1n) is 6.15. The van der Waals surface area contributed by atoms with Gasteiger partial charge in [-0.1, -0.05) is 39.0 Å². The van der Waals surface area contributed by atoms with Crippen molar-refractivity contribution in [3.63, 3.8) is 0 Å². The topological polar surface area (TPSA) is 23.5 Å². The van der Waals surface area contributed by atoms with Crippen LogP contribution in [0.2, 0.25) is 0 Å². The average molecular weight is 235 g/mol. The molecule has 1 unspecified atom stereocenters. The molecule has 1 rings (SSSR count). The molecule has 0 saturated carbocycles. The Kier molecular flexibility index (Phi) is 4.34. The molecule has 0 aromatic heterocycles. The fourth-order valence-corrected chi connectivity index (χ4v) is 2.01. The van der Waals surface area contributed by atoms with E-state index in [0.717, 1.165) is 0 Å². The number of aryl methyl sites for hydroxylation is 1. The first-order valence-corrected chi connectivity index (χ1v) is 6.15. The summed E-state index contributed by atoms with van der Waals surface area (Å²) in [5.74, 6) is 0. The van der Waals surface area contributed by atoms with Crippen molar-refractivity contribution in [2.75, 3.05) is 20.7 Å². The van der Waals surface area contributed by atoms with Gasteiger partial charge in [-0.3, -0.25) is 0 Å². The molecule has 1 N–H and O–H groups in total. The summed E-state index contributed by atoms with van der Waals surface area (Å²) in [4.78, 5) is 2.06. The Morgan fingerprint density at radius 1 is 1.24 bits per heavy atom. The van der Waals surface area contributed by atoms with Crippen molar-refractivity contribution in [3.8, 4) is 0 Å². The first-order chi connectivity index (χ1) is 7.77. The smallest absolute Gasteiger partial charge is 0.0628 e. The summed E-state index contributed by atoms with van der Waals surface area (Å²) >= 11 is 0. The molecule has 0 radical (unpaired) electrons. The van der Waals surface area contributed by atoms with Crippen LogP contribution in [-0.4, -0.2) is 30.7 Å². The van der Waals surface area contributed by atoms with E-state index in [4.69, 9.17) is 0 Å². The summed E-state index contributed by atoms with van der Waals surface area (Å²) in [6.07, 6.45) is 0. The van der Waals surface area contributed by atoms with Crippen LogP contribution in [0.5, 0.6) is 0 Å². The largest absolute Gasteiger partial charge is 0.394 e. The molecule has 1 atom stereocenters. The van der Waals surface area contributed by atoms with E-state index in [2.05, 4.69) is 50.8 Å². The maximum atomic E-state index is 9.53. The highest BCUT2D eigenvalue weighted by atomic mass is 16.3. The fourth-order valence-electron chi connectivity index (χ4n) is 2.01. The Balaban J connectivity index is 3.23. The van der Waals surface area contributed by atoms with Crippen molar-refractivity contribution in [2.45, 2.75) is 39.2 Å². The third-order valence-corrected chi connectivity index (χ3v) is 3.30. The molecule has 1 aromatic carbocycles. The number of likely N-dealkylation sites (N-methyl/N-ethyl adjacent to an activating group) is 1. The third kappa shape index (κ3) is 3.30. The molecule has 0 aliphatic heterocycles. The number of benzene rings is 1. The van der Waals surface area contributed by atoms with Gasteiger partial charge in [-0.25, -0.2) is 0 Å². The SMILES string of the molecule is Cc1ccc(C(C)(C)C)cc1C(CO)N(C)C. The van der Waals surface area contributed by atoms with Crippen LogP contribution < -0.4 is 0 Å². The second-order valence-electron chi connectivity index (χ2n) is 5.98. The van der Waals surface area contributed by atoms with Crippen molar-refractivity contribution >= 4 is 0 Å². The van der Waals surface area contributed by atoms with Crippen LogP contribution in [0.1, 0.15) is 43.5 Å². The lowest BCUT2D eigenvalue weighted by atomic mass is 9.84. The Morgan fingerprint density at radius 2 is 1.82 bits per heavy atom. The quantitative estimate of drug-likeness (QED) is 0.871. The molecule has 0 saturated heterocycles. The van der Waals surface area contributed by atoms with Gasteiger partial charge in [0, 0.05) is 0 Å². The van der Waals surface area contributed by atoms with Crippen LogP contribution in [-0.2, 0) is 5.41 Å². The van der Waals surface area contributed by atoms with Crippen molar-refractivity contribution in [1.29, 1.82) is 0 Å². The van der Waals surface area contributed by atoms with Crippen molar-refractivity contribution in [2.24, 2.45) is 0 Å². The lowest BCUT2D eigenvalue weighted by Gasteiger charge is -2.27. The average Bonchev–Trinajstić information content (AvgIpc) is 2.19. The molecule has 17 heavy (non-hydrogen) atoms. The zero-order valence-corrected chi connectivity index (χ0v) is 11.9. The zero-order chi connectivity index (χ0) is 13.2. The van der Waals surface area contributed by atoms with E-state index in [1.54, 1.807) is 0 Å². The Bertz CT molecular complexity index is 377. The van der Waals surface area contributed by atoms with Gasteiger partial charge in [-0.15, -0.1) is 0 Å². The van der Waals surface area contributed by atoms with Crippen LogP contribution in [0.25, 0.3) is 0 Å². The molecular formula is C15H25NO. The lowest BCUT2D eigenvalue weighted by molar-refractivity contribution is 0.170. The predicted molar refractivity (Wildman–Crippen MR) is 73.4 cm³/mol. The number of hydrogen-bond acceptors (Lipinski definition) is 2. The highest BCUT2D eigenvalue weighted by molar-refractivity contribution is 5.36. The standard InChI is InChI=1S/C15H25NO/c1-11-7-8-12(15(2,3)4)9-13(11)14(10-17)16(5)6/h7-9,14,17H,10H2,1-6H3. The normalized spacial score (nSPS) is 14.1. The molecule has 1 aromatic rings. The molecule has 0 aliphatic rings. The van der Waals surface area contributed by atoms with Crippen LogP contribution >= 0.6 is 0 Å². The number of hydrogen-bond donors (Lipinski definition) is 1. The molecule has 0 heterocycles. The minimum atomic E-state index is 0.0808. The van der Waals surface area contributed by atoms with E-state index >= 15 is 0 Å². The van der Waals surface area contributed by atoms with Gasteiger partial charge in [0.25, 0.3) is 0 Å². The lowest BCUT2D eigenvalue weighted by Crippen LogP contribution is -2.24. The summed E-state index contributed by atoms with van der Waals surface area (Å²) in [6, 6.07) is 6.65. The monoisotopic (exact) mass is 235 g/mol. The summed E-state index contributed by atoms with van der Waals surface area (Å²) in [5, 5.41) is 9.53. The number of rotatable bonds is 3. The second kappa shape index (κ2) is 5.19. The van der Waals surface area contributed by atoms with Crippen molar-refractivity contribution in [3.05, 3.63) is 34.9 Å². The van der Waals surface area contributed by atoms with Gasteiger partial charge in [-0.05, 0) is 43.1 Å². The van der Waals surface area contributed by atoms with E-state index in [1.165, 1.54) is 16.7 Å². The van der Waals surface area contributed by atoms with Crippen LogP contribution in [0.15, 0.2) is 18.2 Å². The highest BCUT2D eigenvalue weighted by Gasteiger charge is 2.19. The minimum Gasteiger partial charge on any atom is -0.394 e. The summed E-state index contributed by atoms with van der Waals surface area (Å²) < 4.78 is 0. The molecular weight excluding hydrogens is 210 g/mol. The van der Waals surface area contributed by atoms with Crippen molar-refractivity contribution < 1.29 is 5.11 Å². The van der Waals surface area contributed by atoms with Crippen LogP contribution in [0.3, 0.4) is 0 Å². The van der Waals surface area contributed by atoms with E-state index in [-0.39, 0.29) is 18.1 Å². The Hall–Kier alpha value is -0.860. The van der Waals surface area contributed by atoms with Gasteiger partial charge in [0.15, 0.2) is 0 Å². The van der Waals surface area contributed by atoms with Gasteiger partial charge in [0.05, 0.1) is 12.6 Å². The van der Waals surface area contributed by atoms with Crippen molar-refractivity contribution in [1.82, 2.24) is 4.90 Å². The van der Waals surface area contributed by atoms with Gasteiger partial charge >= 0.3 is 0 Å². The first kappa shape index (κ1) is 14.2. The number of nitrogens with zero attached hydrogens (tertiary/aromatic N) is 1. The van der Waals surface area contributed by atoms with Gasteiger partial charge < -0.3 is 10.0 Å². The van der Waals surface area contributed by atoms with Crippen LogP contribution in [0, 0.1) is 6.92 Å². The van der Waals surface area contributed by atoms with E-state index in [0.29, 0.717) is 0 Å². The van der Waals surface area contributed by atoms with E-state index < -0.39 is 0 Å². The summed E-state index contributed by atoms with van der Waals surface area (Å²) in [7, 11) is 4.01. The van der Waals surface area contributed by atoms with Gasteiger partial charge in [0.2, 0.25) is 0 Å². The molecule has 96 valence electrons. The zero-order valence-electron chi connectivity index (χ0n) is 11.9. The molecule has 0 amide bonds. The van der Waals surface area contributed by atoms with Gasteiger partial charge in [0.1, 0.15) is 0 Å². The van der Waals surface area contributed by atoms with E-state index in [1.807, 2.05) is 14.1 Å². The van der Waals surface area contributed by atoms with Crippen LogP contribution in [0.4, 0.5) is 0 Å². The maximum Gasteiger partial charge on any atom is 0.0628 e. The van der Waals surface area contributed by atoms with E-state index in [9.17, 15) is 5.11 Å². The molecule has 2 nitrogen and oxygen atoms in total. The fraction of sp³-hybridized carbons (Fsp3) is 0.600. The summed E-state index contributed by atoms with van der Waals surface area (Å²) in [6.45, 7) is 8.90. The molecule has 0 aliphatic carbocycles. The minimum absolute atomic E-state index is 0.0808. The summed E-state index contributed by atoms with van der Waals surface area (Å²) in [5.41, 5.74) is 3.93. The molecule has 0 fully saturated rings. The number of aliphatic hydroxyl groups excluding tert-OH is 1. The molecule has 2 heteroatoms. The Labute approximate surface area is 105 Å². The molecule has 0 spiro atoms. The maximum absolute atomic E-state index is 9.53. The predicted octanol–water partition coefficient (Wildman–Crippen LogP) is 2.89. The second-order valence-corrected chi connectivity index (χ2v) is 5.98. The number of aliphatic hydroxyl groups is 1.